The highest BCUT2D eigenvalue weighted by atomic mass is 19.1. The second-order valence-corrected chi connectivity index (χ2v) is 4.94. The van der Waals surface area contributed by atoms with E-state index in [4.69, 9.17) is 4.74 Å². The number of benzene rings is 2. The van der Waals surface area contributed by atoms with Gasteiger partial charge < -0.3 is 4.74 Å². The summed E-state index contributed by atoms with van der Waals surface area (Å²) in [5, 5.41) is 0. The Morgan fingerprint density at radius 3 is 2.52 bits per heavy atom. The van der Waals surface area contributed by atoms with Crippen LogP contribution in [0.15, 0.2) is 48.5 Å². The first kappa shape index (κ1) is 15.2. The van der Waals surface area contributed by atoms with Gasteiger partial charge >= 0.3 is 5.97 Å². The number of hydrogen-bond donors (Lipinski definition) is 0. The maximum Gasteiger partial charge on any atom is 0.311 e. The van der Waals surface area contributed by atoms with Crippen LogP contribution in [0.4, 0.5) is 4.39 Å². The first-order valence-electron chi connectivity index (χ1n) is 7.26. The van der Waals surface area contributed by atoms with Crippen molar-refractivity contribution >= 4 is 5.97 Å². The molecule has 0 unspecified atom stereocenters. The van der Waals surface area contributed by atoms with E-state index in [1.165, 1.54) is 6.07 Å². The van der Waals surface area contributed by atoms with Crippen LogP contribution >= 0.6 is 0 Å². The van der Waals surface area contributed by atoms with Crippen molar-refractivity contribution in [2.75, 3.05) is 0 Å². The Morgan fingerprint density at radius 1 is 1.10 bits per heavy atom. The Labute approximate surface area is 124 Å². The van der Waals surface area contributed by atoms with Crippen LogP contribution in [0.2, 0.25) is 0 Å². The number of hydrogen-bond acceptors (Lipinski definition) is 2. The molecule has 2 rings (SSSR count). The summed E-state index contributed by atoms with van der Waals surface area (Å²) in [6, 6.07) is 13.8. The largest absolute Gasteiger partial charge is 0.426 e. The van der Waals surface area contributed by atoms with E-state index in [0.29, 0.717) is 12.0 Å². The highest BCUT2D eigenvalue weighted by molar-refractivity contribution is 5.73. The maximum absolute atomic E-state index is 14.1. The first-order valence-corrected chi connectivity index (χ1v) is 7.26. The summed E-state index contributed by atoms with van der Waals surface area (Å²) < 4.78 is 19.3. The maximum atomic E-state index is 14.1. The zero-order chi connectivity index (χ0) is 15.1. The van der Waals surface area contributed by atoms with Gasteiger partial charge in [-0.15, -0.1) is 0 Å². The lowest BCUT2D eigenvalue weighted by Crippen LogP contribution is -2.07. The van der Waals surface area contributed by atoms with E-state index >= 15 is 0 Å². The monoisotopic (exact) mass is 286 g/mol. The van der Waals surface area contributed by atoms with Crippen LogP contribution in [-0.4, -0.2) is 5.97 Å². The summed E-state index contributed by atoms with van der Waals surface area (Å²) in [6.45, 7) is 2.07. The third-order valence-electron chi connectivity index (χ3n) is 3.24. The number of rotatable bonds is 6. The van der Waals surface area contributed by atoms with Crippen molar-refractivity contribution in [3.8, 4) is 16.9 Å². The fourth-order valence-corrected chi connectivity index (χ4v) is 2.11. The summed E-state index contributed by atoms with van der Waals surface area (Å²) in [5.41, 5.74) is 1.30. The van der Waals surface area contributed by atoms with E-state index in [9.17, 15) is 9.18 Å². The van der Waals surface area contributed by atoms with Crippen molar-refractivity contribution in [2.45, 2.75) is 32.6 Å². The van der Waals surface area contributed by atoms with Gasteiger partial charge in [-0.1, -0.05) is 50.1 Å². The number of halogens is 1. The summed E-state index contributed by atoms with van der Waals surface area (Å²) in [6.07, 6.45) is 3.22. The molecular weight excluding hydrogens is 267 g/mol. The zero-order valence-electron chi connectivity index (χ0n) is 12.1. The van der Waals surface area contributed by atoms with Gasteiger partial charge in [0.25, 0.3) is 0 Å². The van der Waals surface area contributed by atoms with Gasteiger partial charge in [-0.3, -0.25) is 4.79 Å². The van der Waals surface area contributed by atoms with E-state index in [0.717, 1.165) is 24.8 Å². The van der Waals surface area contributed by atoms with Crippen LogP contribution in [0.1, 0.15) is 32.6 Å². The molecule has 0 aliphatic carbocycles. The number of unbranched alkanes of at least 4 members (excludes halogenated alkanes) is 2. The minimum Gasteiger partial charge on any atom is -0.426 e. The molecule has 2 nitrogen and oxygen atoms in total. The van der Waals surface area contributed by atoms with Gasteiger partial charge in [0.15, 0.2) is 0 Å². The van der Waals surface area contributed by atoms with E-state index in [-0.39, 0.29) is 17.5 Å². The van der Waals surface area contributed by atoms with Crippen molar-refractivity contribution in [2.24, 2.45) is 0 Å². The van der Waals surface area contributed by atoms with Crippen molar-refractivity contribution in [3.63, 3.8) is 0 Å². The summed E-state index contributed by atoms with van der Waals surface area (Å²) in [7, 11) is 0. The molecule has 0 saturated heterocycles. The molecule has 0 aliphatic heterocycles. The molecule has 0 amide bonds. The molecule has 2 aromatic rings. The molecule has 0 fully saturated rings. The molecule has 110 valence electrons. The van der Waals surface area contributed by atoms with Crippen LogP contribution in [-0.2, 0) is 4.79 Å². The number of carbonyl (C=O) groups is 1. The van der Waals surface area contributed by atoms with E-state index < -0.39 is 0 Å². The molecule has 3 heteroatoms. The topological polar surface area (TPSA) is 26.3 Å². The van der Waals surface area contributed by atoms with Gasteiger partial charge in [-0.2, -0.15) is 0 Å². The number of esters is 1. The van der Waals surface area contributed by atoms with E-state index in [2.05, 4.69) is 6.92 Å². The van der Waals surface area contributed by atoms with Crippen molar-refractivity contribution in [1.82, 2.24) is 0 Å². The van der Waals surface area contributed by atoms with E-state index in [1.54, 1.807) is 12.1 Å². The Balaban J connectivity index is 2.04. The summed E-state index contributed by atoms with van der Waals surface area (Å²) in [5.74, 6) is -0.441. The van der Waals surface area contributed by atoms with Crippen LogP contribution in [0.3, 0.4) is 0 Å². The fraction of sp³-hybridized carbons (Fsp3) is 0.278. The molecule has 0 aliphatic rings. The minimum atomic E-state index is -0.389. The highest BCUT2D eigenvalue weighted by Crippen LogP contribution is 2.26. The molecule has 2 aromatic carbocycles. The SMILES string of the molecule is CCCCCC(=O)Oc1ccc(-c2ccccc2)c(F)c1. The van der Waals surface area contributed by atoms with Crippen LogP contribution in [0.5, 0.6) is 5.75 Å². The molecule has 0 spiro atoms. The molecule has 21 heavy (non-hydrogen) atoms. The molecule has 0 N–H and O–H groups in total. The predicted molar refractivity (Wildman–Crippen MR) is 81.6 cm³/mol. The minimum absolute atomic E-state index is 0.258. The zero-order valence-corrected chi connectivity index (χ0v) is 12.1. The Bertz CT molecular complexity index is 593. The molecule has 0 bridgehead atoms. The predicted octanol–water partition coefficient (Wildman–Crippen LogP) is 4.98. The third-order valence-corrected chi connectivity index (χ3v) is 3.24. The second kappa shape index (κ2) is 7.58. The number of carbonyl (C=O) groups excluding carboxylic acids is 1. The molecule has 0 heterocycles. The molecule has 0 saturated carbocycles. The Morgan fingerprint density at radius 2 is 1.86 bits per heavy atom. The fourth-order valence-electron chi connectivity index (χ4n) is 2.11. The van der Waals surface area contributed by atoms with Crippen LogP contribution < -0.4 is 4.74 Å². The smallest absolute Gasteiger partial charge is 0.311 e. The second-order valence-electron chi connectivity index (χ2n) is 4.94. The van der Waals surface area contributed by atoms with Gasteiger partial charge in [-0.25, -0.2) is 4.39 Å². The lowest BCUT2D eigenvalue weighted by atomic mass is 10.1. The lowest BCUT2D eigenvalue weighted by molar-refractivity contribution is -0.134. The average Bonchev–Trinajstić information content (AvgIpc) is 2.48. The van der Waals surface area contributed by atoms with Crippen LogP contribution in [0.25, 0.3) is 11.1 Å². The van der Waals surface area contributed by atoms with Gasteiger partial charge in [0.05, 0.1) is 0 Å². The van der Waals surface area contributed by atoms with Gasteiger partial charge in [0.1, 0.15) is 11.6 Å². The highest BCUT2D eigenvalue weighted by Gasteiger charge is 2.09. The molecule has 0 aromatic heterocycles. The molecule has 0 atom stereocenters. The van der Waals surface area contributed by atoms with E-state index in [1.807, 2.05) is 30.3 Å². The van der Waals surface area contributed by atoms with Crippen molar-refractivity contribution < 1.29 is 13.9 Å². The lowest BCUT2D eigenvalue weighted by Gasteiger charge is -2.07. The molecule has 0 radical (unpaired) electrons. The normalized spacial score (nSPS) is 10.4. The first-order chi connectivity index (χ1) is 10.2. The van der Waals surface area contributed by atoms with Crippen molar-refractivity contribution in [3.05, 3.63) is 54.3 Å². The van der Waals surface area contributed by atoms with Gasteiger partial charge in [-0.05, 0) is 24.1 Å². The quantitative estimate of drug-likeness (QED) is 0.425. The van der Waals surface area contributed by atoms with Gasteiger partial charge in [0.2, 0.25) is 0 Å². The number of ether oxygens (including phenoxy) is 1. The average molecular weight is 286 g/mol. The van der Waals surface area contributed by atoms with Gasteiger partial charge in [0, 0.05) is 18.1 Å². The summed E-state index contributed by atoms with van der Waals surface area (Å²) in [4.78, 5) is 11.6. The van der Waals surface area contributed by atoms with Crippen LogP contribution in [0, 0.1) is 5.82 Å². The standard InChI is InChI=1S/C18H19FO2/c1-2-3-5-10-18(20)21-15-11-12-16(17(19)13-15)14-8-6-4-7-9-14/h4,6-9,11-13H,2-3,5,10H2,1H3. The Hall–Kier alpha value is -2.16. The Kier molecular flexibility index (Phi) is 5.50. The summed E-state index contributed by atoms with van der Waals surface area (Å²) >= 11 is 0. The molecular formula is C18H19FO2. The third kappa shape index (κ3) is 4.42. The van der Waals surface area contributed by atoms with Crippen molar-refractivity contribution in [1.29, 1.82) is 0 Å².